The first-order valence-electron chi connectivity index (χ1n) is 6.98. The van der Waals surface area contributed by atoms with Crippen LogP contribution in [-0.2, 0) is 10.0 Å². The van der Waals surface area contributed by atoms with Crippen molar-refractivity contribution in [2.24, 2.45) is 5.92 Å². The molecule has 1 aliphatic heterocycles. The summed E-state index contributed by atoms with van der Waals surface area (Å²) >= 11 is 0. The minimum atomic E-state index is -3.30. The Balaban J connectivity index is 2.33. The molecule has 0 bridgehead atoms. The van der Waals surface area contributed by atoms with E-state index in [1.54, 1.807) is 30.3 Å². The molecule has 0 N–H and O–H groups in total. The highest BCUT2D eigenvalue weighted by Crippen LogP contribution is 2.24. The lowest BCUT2D eigenvalue weighted by Gasteiger charge is -2.33. The zero-order valence-corrected chi connectivity index (χ0v) is 14.0. The third-order valence-electron chi connectivity index (χ3n) is 3.81. The van der Waals surface area contributed by atoms with Gasteiger partial charge in [-0.1, -0.05) is 6.92 Å². The first kappa shape index (κ1) is 16.7. The van der Waals surface area contributed by atoms with Gasteiger partial charge >= 0.3 is 0 Å². The highest BCUT2D eigenvalue weighted by molar-refractivity contribution is 7.88. The van der Waals surface area contributed by atoms with Crippen LogP contribution in [-0.4, -0.2) is 68.1 Å². The molecule has 122 valence electrons. The van der Waals surface area contributed by atoms with Crippen molar-refractivity contribution in [1.82, 2.24) is 14.2 Å². The minimum Gasteiger partial charge on any atom is -0.472 e. The van der Waals surface area contributed by atoms with Crippen LogP contribution in [0.3, 0.4) is 0 Å². The van der Waals surface area contributed by atoms with Gasteiger partial charge in [0.25, 0.3) is 5.91 Å². The molecule has 7 nitrogen and oxygen atoms in total. The van der Waals surface area contributed by atoms with Crippen molar-refractivity contribution in [3.05, 3.63) is 23.9 Å². The van der Waals surface area contributed by atoms with E-state index in [2.05, 4.69) is 4.98 Å². The fourth-order valence-electron chi connectivity index (χ4n) is 2.35. The van der Waals surface area contributed by atoms with Gasteiger partial charge < -0.3 is 9.64 Å². The van der Waals surface area contributed by atoms with E-state index in [0.29, 0.717) is 12.1 Å². The summed E-state index contributed by atoms with van der Waals surface area (Å²) in [5.41, 5.74) is 0.393. The Kier molecular flexibility index (Phi) is 4.72. The molecule has 0 saturated heterocycles. The Morgan fingerprint density at radius 3 is 2.82 bits per heavy atom. The molecule has 1 aromatic rings. The highest BCUT2D eigenvalue weighted by atomic mass is 32.2. The molecule has 1 aromatic heterocycles. The predicted octanol–water partition coefficient (Wildman–Crippen LogP) is 0.442. The Bertz CT molecular complexity index is 662. The van der Waals surface area contributed by atoms with Crippen molar-refractivity contribution in [3.8, 4) is 5.88 Å². The standard InChI is InChI=1S/C14H21N3O4S/c1-10-8-16(2)14(18)11-6-5-7-15-13(11)21-12(10)9-17(3)22(4,19)20/h5-7,10,12H,8-9H2,1-4H3/t10-,12+/m0/s1. The summed E-state index contributed by atoms with van der Waals surface area (Å²) in [7, 11) is -0.0631. The summed E-state index contributed by atoms with van der Waals surface area (Å²) in [6.07, 6.45) is 2.32. The smallest absolute Gasteiger partial charge is 0.259 e. The zero-order valence-electron chi connectivity index (χ0n) is 13.2. The number of rotatable bonds is 3. The Labute approximate surface area is 130 Å². The number of aromatic nitrogens is 1. The molecule has 0 aliphatic carbocycles. The van der Waals surface area contributed by atoms with Crippen LogP contribution >= 0.6 is 0 Å². The second kappa shape index (κ2) is 6.21. The fraction of sp³-hybridized carbons (Fsp3) is 0.571. The molecule has 2 atom stereocenters. The van der Waals surface area contributed by atoms with E-state index in [0.717, 1.165) is 6.26 Å². The summed E-state index contributed by atoms with van der Waals surface area (Å²) in [6, 6.07) is 3.34. The minimum absolute atomic E-state index is 0.0340. The van der Waals surface area contributed by atoms with E-state index < -0.39 is 10.0 Å². The number of likely N-dealkylation sites (N-methyl/N-ethyl adjacent to an activating group) is 1. The SMILES string of the molecule is C[C@H]1CN(C)C(=O)c2cccnc2O[C@@H]1CN(C)S(C)(=O)=O. The lowest BCUT2D eigenvalue weighted by Crippen LogP contribution is -2.46. The van der Waals surface area contributed by atoms with Crippen LogP contribution in [0.5, 0.6) is 5.88 Å². The van der Waals surface area contributed by atoms with Crippen molar-refractivity contribution in [2.45, 2.75) is 13.0 Å². The molecule has 1 amide bonds. The number of sulfonamides is 1. The number of hydrogen-bond donors (Lipinski definition) is 0. The Hall–Kier alpha value is -1.67. The third-order valence-corrected chi connectivity index (χ3v) is 5.09. The quantitative estimate of drug-likeness (QED) is 0.805. The summed E-state index contributed by atoms with van der Waals surface area (Å²) in [5.74, 6) is 0.0657. The van der Waals surface area contributed by atoms with Crippen LogP contribution in [0.4, 0.5) is 0 Å². The van der Waals surface area contributed by atoms with E-state index in [1.807, 2.05) is 6.92 Å². The van der Waals surface area contributed by atoms with Gasteiger partial charge in [0, 0.05) is 32.8 Å². The van der Waals surface area contributed by atoms with Gasteiger partial charge in [0.2, 0.25) is 15.9 Å². The van der Waals surface area contributed by atoms with Crippen LogP contribution in [0.1, 0.15) is 17.3 Å². The summed E-state index contributed by atoms with van der Waals surface area (Å²) in [5, 5.41) is 0. The van der Waals surface area contributed by atoms with E-state index in [1.165, 1.54) is 11.4 Å². The summed E-state index contributed by atoms with van der Waals surface area (Å²) in [6.45, 7) is 2.62. The second-order valence-corrected chi connectivity index (χ2v) is 7.81. The van der Waals surface area contributed by atoms with Crippen molar-refractivity contribution < 1.29 is 17.9 Å². The van der Waals surface area contributed by atoms with Gasteiger partial charge in [0.15, 0.2) is 0 Å². The van der Waals surface area contributed by atoms with Gasteiger partial charge in [-0.3, -0.25) is 4.79 Å². The second-order valence-electron chi connectivity index (χ2n) is 5.72. The molecule has 8 heteroatoms. The number of hydrogen-bond acceptors (Lipinski definition) is 5. The molecule has 0 spiro atoms. The average Bonchev–Trinajstić information content (AvgIpc) is 2.44. The Morgan fingerprint density at radius 1 is 1.50 bits per heavy atom. The third kappa shape index (κ3) is 3.56. The molecule has 0 saturated carbocycles. The van der Waals surface area contributed by atoms with E-state index in [9.17, 15) is 13.2 Å². The number of ether oxygens (including phenoxy) is 1. The van der Waals surface area contributed by atoms with Gasteiger partial charge in [-0.2, -0.15) is 0 Å². The van der Waals surface area contributed by atoms with Crippen molar-refractivity contribution in [3.63, 3.8) is 0 Å². The van der Waals surface area contributed by atoms with Gasteiger partial charge in [0.1, 0.15) is 11.7 Å². The van der Waals surface area contributed by atoms with E-state index >= 15 is 0 Å². The molecule has 0 aromatic carbocycles. The maximum atomic E-state index is 12.3. The van der Waals surface area contributed by atoms with Crippen molar-refractivity contribution in [1.29, 1.82) is 0 Å². The predicted molar refractivity (Wildman–Crippen MR) is 82.3 cm³/mol. The number of carbonyl (C=O) groups is 1. The van der Waals surface area contributed by atoms with Crippen molar-refractivity contribution >= 4 is 15.9 Å². The van der Waals surface area contributed by atoms with Gasteiger partial charge in [-0.15, -0.1) is 0 Å². The number of carbonyl (C=O) groups excluding carboxylic acids is 1. The van der Waals surface area contributed by atoms with Crippen molar-refractivity contribution in [2.75, 3.05) is 33.4 Å². The highest BCUT2D eigenvalue weighted by Gasteiger charge is 2.31. The molecule has 2 heterocycles. The first-order chi connectivity index (χ1) is 10.2. The lowest BCUT2D eigenvalue weighted by molar-refractivity contribution is 0.0589. The lowest BCUT2D eigenvalue weighted by atomic mass is 10.0. The number of nitrogens with zero attached hydrogens (tertiary/aromatic N) is 3. The molecule has 2 rings (SSSR count). The summed E-state index contributed by atoms with van der Waals surface area (Å²) < 4.78 is 30.4. The van der Waals surface area contributed by atoms with Gasteiger partial charge in [-0.25, -0.2) is 17.7 Å². The molecular formula is C14H21N3O4S. The molecule has 0 fully saturated rings. The van der Waals surface area contributed by atoms with Crippen LogP contribution < -0.4 is 4.74 Å². The number of fused-ring (bicyclic) bond motifs is 1. The van der Waals surface area contributed by atoms with E-state index in [4.69, 9.17) is 4.74 Å². The topological polar surface area (TPSA) is 79.8 Å². The molecule has 0 unspecified atom stereocenters. The van der Waals surface area contributed by atoms with Crippen LogP contribution in [0.25, 0.3) is 0 Å². The maximum absolute atomic E-state index is 12.3. The van der Waals surface area contributed by atoms with Gasteiger partial charge in [0.05, 0.1) is 12.8 Å². The first-order valence-corrected chi connectivity index (χ1v) is 8.83. The molecule has 0 radical (unpaired) electrons. The monoisotopic (exact) mass is 327 g/mol. The van der Waals surface area contributed by atoms with Crippen LogP contribution in [0.2, 0.25) is 0 Å². The van der Waals surface area contributed by atoms with E-state index in [-0.39, 0.29) is 30.4 Å². The number of pyridine rings is 1. The fourth-order valence-corrected chi connectivity index (χ4v) is 2.77. The molecule has 22 heavy (non-hydrogen) atoms. The maximum Gasteiger partial charge on any atom is 0.259 e. The Morgan fingerprint density at radius 2 is 2.18 bits per heavy atom. The average molecular weight is 327 g/mol. The van der Waals surface area contributed by atoms with Gasteiger partial charge in [-0.05, 0) is 12.1 Å². The largest absolute Gasteiger partial charge is 0.472 e. The normalized spacial score (nSPS) is 22.8. The summed E-state index contributed by atoms with van der Waals surface area (Å²) in [4.78, 5) is 18.1. The van der Waals surface area contributed by atoms with Crippen LogP contribution in [0, 0.1) is 5.92 Å². The zero-order chi connectivity index (χ0) is 16.5. The molecule has 1 aliphatic rings. The molecular weight excluding hydrogens is 306 g/mol. The van der Waals surface area contributed by atoms with Crippen LogP contribution in [0.15, 0.2) is 18.3 Å². The number of amides is 1.